The molecule has 88 valence electrons. The van der Waals surface area contributed by atoms with Crippen molar-refractivity contribution in [3.63, 3.8) is 0 Å². The second-order valence-corrected chi connectivity index (χ2v) is 4.16. The molecule has 0 aliphatic rings. The van der Waals surface area contributed by atoms with E-state index in [1.54, 1.807) is 0 Å². The molecule has 1 aromatic carbocycles. The zero-order valence-corrected chi connectivity index (χ0v) is 10.3. The van der Waals surface area contributed by atoms with Gasteiger partial charge in [0, 0.05) is 12.6 Å². The highest BCUT2D eigenvalue weighted by Crippen LogP contribution is 2.16. The average Bonchev–Trinajstić information content (AvgIpc) is 2.29. The number of nitrogens with two attached hydrogens (primary N) is 1. The summed E-state index contributed by atoms with van der Waals surface area (Å²) >= 11 is 0. The van der Waals surface area contributed by atoms with Gasteiger partial charge in [0.2, 0.25) is 0 Å². The lowest BCUT2D eigenvalue weighted by Gasteiger charge is -2.18. The van der Waals surface area contributed by atoms with Gasteiger partial charge in [-0.05, 0) is 43.5 Å². The lowest BCUT2D eigenvalue weighted by molar-refractivity contribution is 0.548. The highest BCUT2D eigenvalue weighted by atomic mass is 14.9. The van der Waals surface area contributed by atoms with E-state index in [-0.39, 0.29) is 6.04 Å². The van der Waals surface area contributed by atoms with Crippen molar-refractivity contribution in [2.75, 3.05) is 13.1 Å². The monoisotopic (exact) mass is 218 g/mol. The Morgan fingerprint density at radius 2 is 2.12 bits per heavy atom. The molecule has 3 N–H and O–H groups in total. The fraction of sp³-hybridized carbons (Fsp3) is 0.429. The Hall–Kier alpha value is -1.12. The summed E-state index contributed by atoms with van der Waals surface area (Å²) in [7, 11) is 0. The van der Waals surface area contributed by atoms with Crippen molar-refractivity contribution in [1.29, 1.82) is 0 Å². The van der Waals surface area contributed by atoms with Crippen molar-refractivity contribution in [1.82, 2.24) is 5.32 Å². The predicted octanol–water partition coefficient (Wildman–Crippen LogP) is 2.47. The van der Waals surface area contributed by atoms with Gasteiger partial charge in [-0.2, -0.15) is 0 Å². The number of benzene rings is 1. The normalized spacial score (nSPS) is 12.4. The van der Waals surface area contributed by atoms with Crippen LogP contribution in [0.2, 0.25) is 0 Å². The van der Waals surface area contributed by atoms with E-state index in [2.05, 4.69) is 43.9 Å². The summed E-state index contributed by atoms with van der Waals surface area (Å²) in [6.45, 7) is 9.53. The van der Waals surface area contributed by atoms with E-state index in [1.807, 2.05) is 6.08 Å². The third-order valence-electron chi connectivity index (χ3n) is 2.91. The van der Waals surface area contributed by atoms with Crippen molar-refractivity contribution in [2.45, 2.75) is 26.3 Å². The molecule has 1 rings (SSSR count). The maximum absolute atomic E-state index is 5.79. The highest BCUT2D eigenvalue weighted by molar-refractivity contribution is 5.31. The van der Waals surface area contributed by atoms with Crippen molar-refractivity contribution >= 4 is 0 Å². The Balaban J connectivity index is 2.70. The smallest absolute Gasteiger partial charge is 0.0444 e. The molecule has 2 heteroatoms. The Morgan fingerprint density at radius 3 is 2.69 bits per heavy atom. The van der Waals surface area contributed by atoms with Gasteiger partial charge in [0.1, 0.15) is 0 Å². The summed E-state index contributed by atoms with van der Waals surface area (Å²) in [6.07, 6.45) is 2.89. The minimum Gasteiger partial charge on any atom is -0.329 e. The molecular weight excluding hydrogens is 196 g/mol. The fourth-order valence-electron chi connectivity index (χ4n) is 1.68. The lowest BCUT2D eigenvalue weighted by atomic mass is 10.0. The molecule has 1 aromatic rings. The highest BCUT2D eigenvalue weighted by Gasteiger charge is 2.08. The van der Waals surface area contributed by atoms with Crippen LogP contribution in [0.1, 0.15) is 29.2 Å². The van der Waals surface area contributed by atoms with Gasteiger partial charge < -0.3 is 11.1 Å². The molecule has 0 aliphatic heterocycles. The second kappa shape index (κ2) is 6.46. The van der Waals surface area contributed by atoms with Gasteiger partial charge in [0.05, 0.1) is 0 Å². The van der Waals surface area contributed by atoms with Crippen LogP contribution >= 0.6 is 0 Å². The molecule has 2 nitrogen and oxygen atoms in total. The van der Waals surface area contributed by atoms with Crippen LogP contribution < -0.4 is 11.1 Å². The Bertz CT molecular complexity index is 345. The number of aryl methyl sites for hydroxylation is 2. The molecule has 0 amide bonds. The third kappa shape index (κ3) is 3.47. The molecule has 0 saturated heterocycles. The molecule has 0 heterocycles. The van der Waals surface area contributed by atoms with Crippen LogP contribution in [0.25, 0.3) is 0 Å². The van der Waals surface area contributed by atoms with Crippen LogP contribution in [0, 0.1) is 13.8 Å². The van der Waals surface area contributed by atoms with Crippen LogP contribution in [-0.4, -0.2) is 13.1 Å². The number of hydrogen-bond donors (Lipinski definition) is 2. The summed E-state index contributed by atoms with van der Waals surface area (Å²) in [4.78, 5) is 0. The zero-order valence-electron chi connectivity index (χ0n) is 10.3. The first-order valence-corrected chi connectivity index (χ1v) is 5.80. The maximum atomic E-state index is 5.79. The van der Waals surface area contributed by atoms with Crippen LogP contribution in [0.4, 0.5) is 0 Å². The summed E-state index contributed by atoms with van der Waals surface area (Å²) in [5.74, 6) is 0. The Kier molecular flexibility index (Phi) is 5.23. The van der Waals surface area contributed by atoms with Gasteiger partial charge in [0.15, 0.2) is 0 Å². The van der Waals surface area contributed by atoms with E-state index in [9.17, 15) is 0 Å². The molecule has 0 aliphatic carbocycles. The predicted molar refractivity (Wildman–Crippen MR) is 70.5 cm³/mol. The first kappa shape index (κ1) is 12.9. The average molecular weight is 218 g/mol. The fourth-order valence-corrected chi connectivity index (χ4v) is 1.68. The molecule has 1 atom stereocenters. The van der Waals surface area contributed by atoms with Crippen molar-refractivity contribution in [2.24, 2.45) is 5.73 Å². The van der Waals surface area contributed by atoms with Crippen molar-refractivity contribution < 1.29 is 0 Å². The van der Waals surface area contributed by atoms with E-state index in [4.69, 9.17) is 5.73 Å². The summed E-state index contributed by atoms with van der Waals surface area (Å²) in [5.41, 5.74) is 9.71. The maximum Gasteiger partial charge on any atom is 0.0444 e. The summed E-state index contributed by atoms with van der Waals surface area (Å²) < 4.78 is 0. The second-order valence-electron chi connectivity index (χ2n) is 4.16. The number of hydrogen-bond acceptors (Lipinski definition) is 2. The Labute approximate surface area is 98.6 Å². The minimum atomic E-state index is 0.249. The SMILES string of the molecule is C=CCCNC(CN)c1ccc(C)c(C)c1. The summed E-state index contributed by atoms with van der Waals surface area (Å²) in [6, 6.07) is 6.77. The largest absolute Gasteiger partial charge is 0.329 e. The van der Waals surface area contributed by atoms with Gasteiger partial charge in [-0.15, -0.1) is 6.58 Å². The molecule has 0 spiro atoms. The van der Waals surface area contributed by atoms with E-state index < -0.39 is 0 Å². The molecule has 0 radical (unpaired) electrons. The van der Waals surface area contributed by atoms with Gasteiger partial charge in [-0.1, -0.05) is 24.3 Å². The summed E-state index contributed by atoms with van der Waals surface area (Å²) in [5, 5.41) is 3.44. The van der Waals surface area contributed by atoms with Crippen LogP contribution in [0.5, 0.6) is 0 Å². The molecule has 0 aromatic heterocycles. The molecular formula is C14H22N2. The van der Waals surface area contributed by atoms with E-state index in [0.717, 1.165) is 13.0 Å². The lowest BCUT2D eigenvalue weighted by Crippen LogP contribution is -2.28. The standard InChI is InChI=1S/C14H22N2/c1-4-5-8-16-14(10-15)13-7-6-11(2)12(3)9-13/h4,6-7,9,14,16H,1,5,8,10,15H2,2-3H3. The van der Waals surface area contributed by atoms with Gasteiger partial charge in [-0.25, -0.2) is 0 Å². The van der Waals surface area contributed by atoms with Crippen molar-refractivity contribution in [3.8, 4) is 0 Å². The third-order valence-corrected chi connectivity index (χ3v) is 2.91. The van der Waals surface area contributed by atoms with Gasteiger partial charge >= 0.3 is 0 Å². The quantitative estimate of drug-likeness (QED) is 0.568. The molecule has 0 fully saturated rings. The zero-order chi connectivity index (χ0) is 12.0. The van der Waals surface area contributed by atoms with E-state index in [1.165, 1.54) is 16.7 Å². The molecule has 1 unspecified atom stereocenters. The molecule has 0 bridgehead atoms. The number of rotatable bonds is 6. The first-order chi connectivity index (χ1) is 7.69. The Morgan fingerprint density at radius 1 is 1.38 bits per heavy atom. The number of nitrogens with one attached hydrogen (secondary N) is 1. The topological polar surface area (TPSA) is 38.0 Å². The van der Waals surface area contributed by atoms with Gasteiger partial charge in [-0.3, -0.25) is 0 Å². The molecule has 0 saturated carbocycles. The van der Waals surface area contributed by atoms with Crippen molar-refractivity contribution in [3.05, 3.63) is 47.5 Å². The molecule has 16 heavy (non-hydrogen) atoms. The van der Waals surface area contributed by atoms with Crippen LogP contribution in [0.3, 0.4) is 0 Å². The van der Waals surface area contributed by atoms with E-state index >= 15 is 0 Å². The minimum absolute atomic E-state index is 0.249. The van der Waals surface area contributed by atoms with E-state index in [0.29, 0.717) is 6.54 Å². The van der Waals surface area contributed by atoms with Gasteiger partial charge in [0.25, 0.3) is 0 Å². The van der Waals surface area contributed by atoms with Crippen LogP contribution in [-0.2, 0) is 0 Å². The first-order valence-electron chi connectivity index (χ1n) is 5.80. The van der Waals surface area contributed by atoms with Crippen LogP contribution in [0.15, 0.2) is 30.9 Å².